The highest BCUT2D eigenvalue weighted by Gasteiger charge is 2.23. The molecule has 0 spiro atoms. The van der Waals surface area contributed by atoms with Gasteiger partial charge in [0.1, 0.15) is 6.04 Å². The molecule has 2 aromatic rings. The summed E-state index contributed by atoms with van der Waals surface area (Å²) in [5.41, 5.74) is 1.81. The maximum atomic E-state index is 11.6. The van der Waals surface area contributed by atoms with Crippen LogP contribution in [0, 0.1) is 0 Å². The van der Waals surface area contributed by atoms with Crippen molar-refractivity contribution in [2.24, 2.45) is 0 Å². The molecule has 3 N–H and O–H groups in total. The molecule has 106 valence electrons. The van der Waals surface area contributed by atoms with E-state index < -0.39 is 17.3 Å². The van der Waals surface area contributed by atoms with E-state index >= 15 is 0 Å². The summed E-state index contributed by atoms with van der Waals surface area (Å²) < 4.78 is 0. The van der Waals surface area contributed by atoms with Crippen LogP contribution in [-0.2, 0) is 16.0 Å². The molecule has 0 saturated carbocycles. The largest absolute Gasteiger partial charge is 0.480 e. The Kier molecular flexibility index (Phi) is 4.34. The van der Waals surface area contributed by atoms with Crippen LogP contribution in [0.4, 0.5) is 0 Å². The Labute approximate surface area is 121 Å². The van der Waals surface area contributed by atoms with Crippen molar-refractivity contribution in [2.75, 3.05) is 0 Å². The lowest BCUT2D eigenvalue weighted by Crippen LogP contribution is -2.44. The van der Waals surface area contributed by atoms with Crippen molar-refractivity contribution in [3.8, 4) is 0 Å². The van der Waals surface area contributed by atoms with Crippen LogP contribution < -0.4 is 5.32 Å². The maximum absolute atomic E-state index is 11.6. The van der Waals surface area contributed by atoms with E-state index in [4.69, 9.17) is 0 Å². The van der Waals surface area contributed by atoms with Crippen molar-refractivity contribution in [1.82, 2.24) is 10.3 Å². The maximum Gasteiger partial charge on any atom is 0.326 e. The number of aromatic nitrogens is 1. The summed E-state index contributed by atoms with van der Waals surface area (Å²) in [4.78, 5) is 25.9. The number of para-hydroxylation sites is 1. The number of hydrogen-bond acceptors (Lipinski definition) is 3. The summed E-state index contributed by atoms with van der Waals surface area (Å²) in [6.07, 6.45) is 2.00. The van der Waals surface area contributed by atoms with Gasteiger partial charge in [-0.05, 0) is 18.6 Å². The molecule has 0 radical (unpaired) electrons. The van der Waals surface area contributed by atoms with Crippen molar-refractivity contribution in [3.05, 3.63) is 36.0 Å². The molecule has 0 unspecified atom stereocenters. The molecule has 0 aliphatic carbocycles. The van der Waals surface area contributed by atoms with Crippen LogP contribution in [-0.4, -0.2) is 33.3 Å². The predicted octanol–water partition coefficient (Wildman–Crippen LogP) is 1.60. The van der Waals surface area contributed by atoms with E-state index in [-0.39, 0.29) is 12.3 Å². The van der Waals surface area contributed by atoms with E-state index in [2.05, 4.69) is 22.9 Å². The third-order valence-electron chi connectivity index (χ3n) is 3.09. The van der Waals surface area contributed by atoms with Gasteiger partial charge in [0.15, 0.2) is 0 Å². The number of fused-ring (bicyclic) bond motifs is 1. The quantitative estimate of drug-likeness (QED) is 0.632. The van der Waals surface area contributed by atoms with Gasteiger partial charge < -0.3 is 15.4 Å². The van der Waals surface area contributed by atoms with Crippen LogP contribution in [0.5, 0.6) is 0 Å². The zero-order chi connectivity index (χ0) is 14.7. The molecule has 2 atom stereocenters. The number of thiol groups is 1. The molecule has 1 amide bonds. The van der Waals surface area contributed by atoms with Crippen LogP contribution in [0.25, 0.3) is 10.9 Å². The van der Waals surface area contributed by atoms with Crippen molar-refractivity contribution in [1.29, 1.82) is 0 Å². The van der Waals surface area contributed by atoms with Gasteiger partial charge in [0, 0.05) is 23.5 Å². The number of amides is 1. The summed E-state index contributed by atoms with van der Waals surface area (Å²) >= 11 is 4.00. The predicted molar refractivity (Wildman–Crippen MR) is 80.0 cm³/mol. The Balaban J connectivity index is 2.20. The van der Waals surface area contributed by atoms with Crippen LogP contribution in [0.2, 0.25) is 0 Å². The van der Waals surface area contributed by atoms with Gasteiger partial charge in [-0.25, -0.2) is 4.79 Å². The van der Waals surface area contributed by atoms with E-state index in [1.54, 1.807) is 13.1 Å². The van der Waals surface area contributed by atoms with Gasteiger partial charge in [-0.3, -0.25) is 4.79 Å². The number of H-pyrrole nitrogens is 1. The van der Waals surface area contributed by atoms with Crippen molar-refractivity contribution in [2.45, 2.75) is 24.6 Å². The van der Waals surface area contributed by atoms with E-state index in [1.165, 1.54) is 0 Å². The topological polar surface area (TPSA) is 82.2 Å². The van der Waals surface area contributed by atoms with Gasteiger partial charge in [-0.2, -0.15) is 12.6 Å². The third kappa shape index (κ3) is 3.14. The van der Waals surface area contributed by atoms with Gasteiger partial charge in [-0.1, -0.05) is 18.2 Å². The molecule has 0 saturated heterocycles. The highest BCUT2D eigenvalue weighted by Crippen LogP contribution is 2.19. The fraction of sp³-hybridized carbons (Fsp3) is 0.286. The molecular weight excluding hydrogens is 276 g/mol. The number of benzene rings is 1. The SMILES string of the molecule is C[C@H](S)C(=O)N[C@@H](Cc1c[nH]c2ccccc12)C(=O)O. The third-order valence-corrected chi connectivity index (χ3v) is 3.33. The first-order valence-electron chi connectivity index (χ1n) is 6.25. The molecule has 20 heavy (non-hydrogen) atoms. The number of carboxylic acids is 1. The van der Waals surface area contributed by atoms with Crippen molar-refractivity contribution < 1.29 is 14.7 Å². The molecule has 1 aromatic heterocycles. The number of carbonyl (C=O) groups is 2. The van der Waals surface area contributed by atoms with E-state index in [0.29, 0.717) is 0 Å². The van der Waals surface area contributed by atoms with E-state index in [0.717, 1.165) is 16.5 Å². The molecule has 1 heterocycles. The summed E-state index contributed by atoms with van der Waals surface area (Å²) in [7, 11) is 0. The fourth-order valence-corrected chi connectivity index (χ4v) is 2.09. The van der Waals surface area contributed by atoms with Crippen LogP contribution in [0.15, 0.2) is 30.5 Å². The molecule has 6 heteroatoms. The van der Waals surface area contributed by atoms with Crippen molar-refractivity contribution >= 4 is 35.4 Å². The molecule has 0 fully saturated rings. The van der Waals surface area contributed by atoms with Crippen LogP contribution in [0.3, 0.4) is 0 Å². The first kappa shape index (κ1) is 14.5. The highest BCUT2D eigenvalue weighted by molar-refractivity contribution is 7.81. The Hall–Kier alpha value is -1.95. The first-order chi connectivity index (χ1) is 9.49. The number of carbonyl (C=O) groups excluding carboxylic acids is 1. The highest BCUT2D eigenvalue weighted by atomic mass is 32.1. The standard InChI is InChI=1S/C14H16N2O3S/c1-8(20)13(17)16-12(14(18)19)6-9-7-15-11-5-3-2-4-10(9)11/h2-5,7-8,12,15,20H,6H2,1H3,(H,16,17)(H,18,19)/t8-,12-/m0/s1. The number of aliphatic carboxylic acids is 1. The fourth-order valence-electron chi connectivity index (χ4n) is 2.01. The van der Waals surface area contributed by atoms with Gasteiger partial charge in [0.05, 0.1) is 5.25 Å². The Morgan fingerprint density at radius 3 is 2.75 bits per heavy atom. The lowest BCUT2D eigenvalue weighted by molar-refractivity contribution is -0.141. The number of hydrogen-bond donors (Lipinski definition) is 4. The lowest BCUT2D eigenvalue weighted by atomic mass is 10.0. The minimum Gasteiger partial charge on any atom is -0.480 e. The van der Waals surface area contributed by atoms with Crippen LogP contribution >= 0.6 is 12.6 Å². The monoisotopic (exact) mass is 292 g/mol. The zero-order valence-corrected chi connectivity index (χ0v) is 11.9. The summed E-state index contributed by atoms with van der Waals surface area (Å²) in [6.45, 7) is 1.60. The minimum atomic E-state index is -1.06. The lowest BCUT2D eigenvalue weighted by Gasteiger charge is -2.15. The Morgan fingerprint density at radius 1 is 1.40 bits per heavy atom. The number of rotatable bonds is 5. The molecule has 1 aromatic carbocycles. The summed E-state index contributed by atoms with van der Waals surface area (Å²) in [5.74, 6) is -1.45. The Bertz CT molecular complexity index is 636. The average Bonchev–Trinajstić information content (AvgIpc) is 2.81. The van der Waals surface area contributed by atoms with Gasteiger partial charge >= 0.3 is 5.97 Å². The summed E-state index contributed by atoms with van der Waals surface area (Å²) in [6, 6.07) is 6.67. The molecule has 2 rings (SSSR count). The molecule has 0 aliphatic heterocycles. The van der Waals surface area contributed by atoms with Gasteiger partial charge in [0.2, 0.25) is 5.91 Å². The van der Waals surface area contributed by atoms with Gasteiger partial charge in [-0.15, -0.1) is 0 Å². The normalized spacial score (nSPS) is 13.9. The smallest absolute Gasteiger partial charge is 0.326 e. The number of nitrogens with one attached hydrogen (secondary N) is 2. The number of carboxylic acid groups (broad SMARTS) is 1. The number of aromatic amines is 1. The molecule has 0 aliphatic rings. The second-order valence-corrected chi connectivity index (χ2v) is 5.41. The molecule has 5 nitrogen and oxygen atoms in total. The van der Waals surface area contributed by atoms with Crippen LogP contribution in [0.1, 0.15) is 12.5 Å². The first-order valence-corrected chi connectivity index (χ1v) is 6.77. The minimum absolute atomic E-state index is 0.228. The second-order valence-electron chi connectivity index (χ2n) is 4.64. The van der Waals surface area contributed by atoms with E-state index in [1.807, 2.05) is 24.3 Å². The molecular formula is C14H16N2O3S. The second kappa shape index (κ2) is 6.00. The average molecular weight is 292 g/mol. The Morgan fingerprint density at radius 2 is 2.10 bits per heavy atom. The molecule has 0 bridgehead atoms. The van der Waals surface area contributed by atoms with E-state index in [9.17, 15) is 14.7 Å². The zero-order valence-electron chi connectivity index (χ0n) is 11.0. The summed E-state index contributed by atoms with van der Waals surface area (Å²) in [5, 5.41) is 12.1. The van der Waals surface area contributed by atoms with Crippen molar-refractivity contribution in [3.63, 3.8) is 0 Å². The van der Waals surface area contributed by atoms with Gasteiger partial charge in [0.25, 0.3) is 0 Å².